The van der Waals surface area contributed by atoms with Crippen molar-refractivity contribution in [2.45, 2.75) is 34.6 Å². The Balaban J connectivity index is 0.00000191. The van der Waals surface area contributed by atoms with Crippen LogP contribution in [0.25, 0.3) is 0 Å². The van der Waals surface area contributed by atoms with Crippen molar-refractivity contribution in [3.8, 4) is 0 Å². The van der Waals surface area contributed by atoms with E-state index >= 15 is 0 Å². The minimum absolute atomic E-state index is 0.0408. The number of nitrogens with one attached hydrogen (secondary N) is 2. The molecule has 5 nitrogen and oxygen atoms in total. The van der Waals surface area contributed by atoms with Gasteiger partial charge < -0.3 is 16.4 Å². The van der Waals surface area contributed by atoms with Crippen molar-refractivity contribution in [1.82, 2.24) is 10.6 Å². The molecule has 0 aliphatic rings. The van der Waals surface area contributed by atoms with Gasteiger partial charge in [0.15, 0.2) is 0 Å². The Morgan fingerprint density at radius 1 is 1.05 bits per heavy atom. The van der Waals surface area contributed by atoms with Crippen LogP contribution in [0.5, 0.6) is 0 Å². The van der Waals surface area contributed by atoms with Crippen LogP contribution in [0, 0.1) is 5.41 Å². The lowest BCUT2D eigenvalue weighted by Crippen LogP contribution is -2.40. The van der Waals surface area contributed by atoms with E-state index in [-0.39, 0.29) is 11.8 Å². The van der Waals surface area contributed by atoms with Crippen LogP contribution in [0.1, 0.15) is 45.0 Å². The number of hydrogen-bond donors (Lipinski definition) is 3. The molecule has 0 saturated carbocycles. The van der Waals surface area contributed by atoms with Gasteiger partial charge in [-0.25, -0.2) is 0 Å². The SMILES string of the molecule is CC.CC(C)(C)C(=O)NCCNC(=O)c1ccccc1N. The molecule has 1 rings (SSSR count). The largest absolute Gasteiger partial charge is 0.398 e. The second-order valence-electron chi connectivity index (χ2n) is 5.35. The molecule has 0 heterocycles. The molecule has 0 atom stereocenters. The van der Waals surface area contributed by atoms with Gasteiger partial charge in [-0.05, 0) is 12.1 Å². The molecule has 21 heavy (non-hydrogen) atoms. The third kappa shape index (κ3) is 6.79. The normalized spacial score (nSPS) is 10.1. The topological polar surface area (TPSA) is 84.2 Å². The number of amides is 2. The second-order valence-corrected chi connectivity index (χ2v) is 5.35. The molecule has 5 heteroatoms. The number of nitrogen functional groups attached to an aromatic ring is 1. The minimum Gasteiger partial charge on any atom is -0.398 e. The molecule has 0 spiro atoms. The van der Waals surface area contributed by atoms with Gasteiger partial charge >= 0.3 is 0 Å². The number of para-hydroxylation sites is 1. The lowest BCUT2D eigenvalue weighted by molar-refractivity contribution is -0.128. The fourth-order valence-electron chi connectivity index (χ4n) is 1.42. The summed E-state index contributed by atoms with van der Waals surface area (Å²) >= 11 is 0. The van der Waals surface area contributed by atoms with E-state index in [1.807, 2.05) is 34.6 Å². The molecular formula is C16H27N3O2. The summed E-state index contributed by atoms with van der Waals surface area (Å²) in [6.45, 7) is 10.3. The number of rotatable bonds is 4. The first-order valence-electron chi connectivity index (χ1n) is 7.23. The summed E-state index contributed by atoms with van der Waals surface area (Å²) in [6, 6.07) is 6.87. The zero-order valence-electron chi connectivity index (χ0n) is 13.6. The Hall–Kier alpha value is -2.04. The molecule has 118 valence electrons. The van der Waals surface area contributed by atoms with E-state index in [1.54, 1.807) is 24.3 Å². The minimum atomic E-state index is -0.423. The van der Waals surface area contributed by atoms with E-state index < -0.39 is 5.41 Å². The van der Waals surface area contributed by atoms with Gasteiger partial charge in [-0.15, -0.1) is 0 Å². The molecule has 0 bridgehead atoms. The standard InChI is InChI=1S/C14H21N3O2.C2H6/c1-14(2,3)13(19)17-9-8-16-12(18)10-6-4-5-7-11(10)15;1-2/h4-7H,8-9,15H2,1-3H3,(H,16,18)(H,17,19);1-2H3. The fraction of sp³-hybridized carbons (Fsp3) is 0.500. The summed E-state index contributed by atoms with van der Waals surface area (Å²) in [7, 11) is 0. The van der Waals surface area contributed by atoms with Gasteiger partial charge in [0.05, 0.1) is 5.56 Å². The molecule has 1 aromatic rings. The van der Waals surface area contributed by atoms with Crippen molar-refractivity contribution >= 4 is 17.5 Å². The van der Waals surface area contributed by atoms with Crippen molar-refractivity contribution in [2.24, 2.45) is 5.41 Å². The predicted octanol–water partition coefficient (Wildman–Crippen LogP) is 2.19. The summed E-state index contributed by atoms with van der Waals surface area (Å²) < 4.78 is 0. The van der Waals surface area contributed by atoms with E-state index in [0.717, 1.165) is 0 Å². The lowest BCUT2D eigenvalue weighted by Gasteiger charge is -2.17. The zero-order chi connectivity index (χ0) is 16.5. The maximum Gasteiger partial charge on any atom is 0.253 e. The second kappa shape index (κ2) is 9.00. The third-order valence-electron chi connectivity index (χ3n) is 2.58. The molecule has 0 unspecified atom stereocenters. The monoisotopic (exact) mass is 293 g/mol. The molecule has 0 fully saturated rings. The molecule has 2 amide bonds. The first-order chi connectivity index (χ1) is 9.82. The molecule has 4 N–H and O–H groups in total. The molecule has 0 aliphatic carbocycles. The number of anilines is 1. The van der Waals surface area contributed by atoms with Crippen molar-refractivity contribution in [2.75, 3.05) is 18.8 Å². The summed E-state index contributed by atoms with van der Waals surface area (Å²) in [5.41, 5.74) is 6.17. The van der Waals surface area contributed by atoms with Crippen molar-refractivity contribution in [3.63, 3.8) is 0 Å². The van der Waals surface area contributed by atoms with Crippen LogP contribution >= 0.6 is 0 Å². The number of carbonyl (C=O) groups is 2. The number of benzene rings is 1. The van der Waals surface area contributed by atoms with Crippen LogP contribution in [-0.4, -0.2) is 24.9 Å². The Bertz CT molecular complexity index is 465. The maximum absolute atomic E-state index is 11.8. The number of nitrogens with two attached hydrogens (primary N) is 1. The maximum atomic E-state index is 11.8. The number of hydrogen-bond acceptors (Lipinski definition) is 3. The van der Waals surface area contributed by atoms with Crippen molar-refractivity contribution < 1.29 is 9.59 Å². The van der Waals surface area contributed by atoms with Gasteiger partial charge in [0.2, 0.25) is 5.91 Å². The molecule has 1 aromatic carbocycles. The van der Waals surface area contributed by atoms with Gasteiger partial charge in [0.25, 0.3) is 5.91 Å². The van der Waals surface area contributed by atoms with Crippen LogP contribution in [-0.2, 0) is 4.79 Å². The molecule has 0 saturated heterocycles. The Kier molecular flexibility index (Phi) is 8.12. The van der Waals surface area contributed by atoms with Gasteiger partial charge in [0.1, 0.15) is 0 Å². The Labute approximate surface area is 127 Å². The van der Waals surface area contributed by atoms with Crippen LogP contribution < -0.4 is 16.4 Å². The van der Waals surface area contributed by atoms with E-state index in [4.69, 9.17) is 5.73 Å². The smallest absolute Gasteiger partial charge is 0.253 e. The Morgan fingerprint density at radius 2 is 1.57 bits per heavy atom. The zero-order valence-corrected chi connectivity index (χ0v) is 13.6. The average Bonchev–Trinajstić information content (AvgIpc) is 2.44. The first-order valence-corrected chi connectivity index (χ1v) is 7.23. The van der Waals surface area contributed by atoms with Crippen LogP contribution in [0.2, 0.25) is 0 Å². The van der Waals surface area contributed by atoms with Crippen LogP contribution in [0.3, 0.4) is 0 Å². The lowest BCUT2D eigenvalue weighted by atomic mass is 9.96. The van der Waals surface area contributed by atoms with Crippen LogP contribution in [0.15, 0.2) is 24.3 Å². The summed E-state index contributed by atoms with van der Waals surface area (Å²) in [5, 5.41) is 5.47. The third-order valence-corrected chi connectivity index (χ3v) is 2.58. The summed E-state index contributed by atoms with van der Waals surface area (Å²) in [5.74, 6) is -0.274. The summed E-state index contributed by atoms with van der Waals surface area (Å²) in [6.07, 6.45) is 0. The van der Waals surface area contributed by atoms with Gasteiger partial charge in [-0.3, -0.25) is 9.59 Å². The quantitative estimate of drug-likeness (QED) is 0.587. The molecule has 0 aliphatic heterocycles. The van der Waals surface area contributed by atoms with Gasteiger partial charge in [0, 0.05) is 24.2 Å². The fourth-order valence-corrected chi connectivity index (χ4v) is 1.42. The van der Waals surface area contributed by atoms with Crippen molar-refractivity contribution in [1.29, 1.82) is 0 Å². The van der Waals surface area contributed by atoms with E-state index in [2.05, 4.69) is 10.6 Å². The molecular weight excluding hydrogens is 266 g/mol. The highest BCUT2D eigenvalue weighted by Crippen LogP contribution is 2.12. The van der Waals surface area contributed by atoms with E-state index in [1.165, 1.54) is 0 Å². The van der Waals surface area contributed by atoms with E-state index in [9.17, 15) is 9.59 Å². The number of carbonyl (C=O) groups excluding carboxylic acids is 2. The first kappa shape index (κ1) is 19.0. The van der Waals surface area contributed by atoms with Crippen molar-refractivity contribution in [3.05, 3.63) is 29.8 Å². The Morgan fingerprint density at radius 3 is 2.10 bits per heavy atom. The molecule has 0 radical (unpaired) electrons. The van der Waals surface area contributed by atoms with E-state index in [0.29, 0.717) is 24.3 Å². The average molecular weight is 293 g/mol. The predicted molar refractivity (Wildman–Crippen MR) is 87.0 cm³/mol. The highest BCUT2D eigenvalue weighted by atomic mass is 16.2. The molecule has 0 aromatic heterocycles. The van der Waals surface area contributed by atoms with Gasteiger partial charge in [-0.2, -0.15) is 0 Å². The highest BCUT2D eigenvalue weighted by molar-refractivity contribution is 5.99. The highest BCUT2D eigenvalue weighted by Gasteiger charge is 2.20. The van der Waals surface area contributed by atoms with Crippen LogP contribution in [0.4, 0.5) is 5.69 Å². The summed E-state index contributed by atoms with van der Waals surface area (Å²) in [4.78, 5) is 23.4. The van der Waals surface area contributed by atoms with Gasteiger partial charge in [-0.1, -0.05) is 46.8 Å².